The molecule has 2 aliphatic rings. The second kappa shape index (κ2) is 8.38. The Labute approximate surface area is 160 Å². The fourth-order valence-corrected chi connectivity index (χ4v) is 4.78. The summed E-state index contributed by atoms with van der Waals surface area (Å²) in [6, 6.07) is 5.83. The van der Waals surface area contributed by atoms with Gasteiger partial charge in [-0.25, -0.2) is 9.18 Å². The number of rotatable bonds is 6. The van der Waals surface area contributed by atoms with E-state index in [1.54, 1.807) is 12.1 Å². The molecule has 0 heterocycles. The minimum Gasteiger partial charge on any atom is -0.335 e. The van der Waals surface area contributed by atoms with Crippen LogP contribution < -0.4 is 10.6 Å². The van der Waals surface area contributed by atoms with Crippen molar-refractivity contribution >= 4 is 11.9 Å². The average Bonchev–Trinajstić information content (AvgIpc) is 3.24. The zero-order valence-electron chi connectivity index (χ0n) is 16.4. The molecule has 27 heavy (non-hydrogen) atoms. The first kappa shape index (κ1) is 19.8. The summed E-state index contributed by atoms with van der Waals surface area (Å²) in [4.78, 5) is 26.2. The molecule has 148 valence electrons. The molecule has 3 amide bonds. The van der Waals surface area contributed by atoms with Gasteiger partial charge in [-0.3, -0.25) is 15.0 Å². The summed E-state index contributed by atoms with van der Waals surface area (Å²) in [6.45, 7) is 4.07. The molecule has 0 saturated heterocycles. The van der Waals surface area contributed by atoms with E-state index in [-0.39, 0.29) is 30.4 Å². The van der Waals surface area contributed by atoms with Gasteiger partial charge in [-0.05, 0) is 75.6 Å². The molecule has 5 nitrogen and oxygen atoms in total. The second-order valence-electron chi connectivity index (χ2n) is 8.29. The van der Waals surface area contributed by atoms with Gasteiger partial charge >= 0.3 is 6.03 Å². The molecular weight excluding hydrogens is 345 g/mol. The van der Waals surface area contributed by atoms with E-state index >= 15 is 0 Å². The maximum atomic E-state index is 13.0. The predicted octanol–water partition coefficient (Wildman–Crippen LogP) is 3.47. The van der Waals surface area contributed by atoms with Crippen molar-refractivity contribution in [3.05, 3.63) is 35.6 Å². The summed E-state index contributed by atoms with van der Waals surface area (Å²) in [6.07, 6.45) is 5.09. The Morgan fingerprint density at radius 3 is 2.48 bits per heavy atom. The Kier molecular flexibility index (Phi) is 6.15. The van der Waals surface area contributed by atoms with Crippen molar-refractivity contribution in [3.63, 3.8) is 0 Å². The van der Waals surface area contributed by atoms with Crippen molar-refractivity contribution in [2.24, 2.45) is 17.8 Å². The largest absolute Gasteiger partial charge is 0.335 e. The number of amides is 3. The third-order valence-electron chi connectivity index (χ3n) is 6.45. The average molecular weight is 375 g/mol. The number of likely N-dealkylation sites (N-methyl/N-ethyl adjacent to an activating group) is 1. The van der Waals surface area contributed by atoms with Crippen LogP contribution in [0.1, 0.15) is 51.1 Å². The van der Waals surface area contributed by atoms with Crippen molar-refractivity contribution in [2.75, 3.05) is 13.6 Å². The maximum Gasteiger partial charge on any atom is 0.321 e. The van der Waals surface area contributed by atoms with Crippen molar-refractivity contribution < 1.29 is 14.0 Å². The SMILES string of the molecule is CC(NC(=O)NC(=O)CN(C)C(C)c1ccc(F)cc1)C1CC2CCC1C2. The molecule has 2 saturated carbocycles. The van der Waals surface area contributed by atoms with Gasteiger partial charge in [0.1, 0.15) is 5.82 Å². The topological polar surface area (TPSA) is 61.4 Å². The van der Waals surface area contributed by atoms with Gasteiger partial charge in [-0.2, -0.15) is 0 Å². The molecule has 1 aromatic carbocycles. The molecule has 2 bridgehead atoms. The highest BCUT2D eigenvalue weighted by molar-refractivity contribution is 5.95. The minimum absolute atomic E-state index is 0.0626. The van der Waals surface area contributed by atoms with Gasteiger partial charge in [0, 0.05) is 12.1 Å². The lowest BCUT2D eigenvalue weighted by molar-refractivity contribution is -0.121. The minimum atomic E-state index is -0.418. The van der Waals surface area contributed by atoms with E-state index in [1.807, 2.05) is 25.8 Å². The third kappa shape index (κ3) is 4.86. The van der Waals surface area contributed by atoms with E-state index in [9.17, 15) is 14.0 Å². The van der Waals surface area contributed by atoms with Crippen molar-refractivity contribution in [1.82, 2.24) is 15.5 Å². The van der Waals surface area contributed by atoms with Crippen LogP contribution in [0.3, 0.4) is 0 Å². The molecule has 0 aliphatic heterocycles. The standard InChI is InChI=1S/C21H30FN3O2/c1-13(19-11-15-4-5-17(19)10-15)23-21(27)24-20(26)12-25(3)14(2)16-6-8-18(22)9-7-16/h6-9,13-15,17,19H,4-5,10-12H2,1-3H3,(H2,23,24,26,27). The first-order valence-electron chi connectivity index (χ1n) is 9.89. The number of benzene rings is 1. The zero-order valence-corrected chi connectivity index (χ0v) is 16.4. The Balaban J connectivity index is 1.44. The number of urea groups is 1. The number of hydrogen-bond donors (Lipinski definition) is 2. The van der Waals surface area contributed by atoms with Crippen molar-refractivity contribution in [1.29, 1.82) is 0 Å². The monoisotopic (exact) mass is 375 g/mol. The lowest BCUT2D eigenvalue weighted by atomic mass is 9.84. The molecule has 6 heteroatoms. The van der Waals surface area contributed by atoms with Gasteiger partial charge in [0.25, 0.3) is 0 Å². The Hall–Kier alpha value is -1.95. The fourth-order valence-electron chi connectivity index (χ4n) is 4.78. The number of carbonyl (C=O) groups is 2. The van der Waals surface area contributed by atoms with Gasteiger partial charge in [0.05, 0.1) is 6.54 Å². The lowest BCUT2D eigenvalue weighted by Gasteiger charge is -2.28. The van der Waals surface area contributed by atoms with Gasteiger partial charge in [-0.15, -0.1) is 0 Å². The van der Waals surface area contributed by atoms with Crippen LogP contribution in [0.5, 0.6) is 0 Å². The summed E-state index contributed by atoms with van der Waals surface area (Å²) in [5, 5.41) is 5.38. The molecule has 0 spiro atoms. The highest BCUT2D eigenvalue weighted by Gasteiger charge is 2.42. The van der Waals surface area contributed by atoms with E-state index in [1.165, 1.54) is 37.8 Å². The number of carbonyl (C=O) groups excluding carboxylic acids is 2. The van der Waals surface area contributed by atoms with E-state index in [4.69, 9.17) is 0 Å². The highest BCUT2D eigenvalue weighted by Crippen LogP contribution is 2.49. The quantitative estimate of drug-likeness (QED) is 0.800. The van der Waals surface area contributed by atoms with E-state index in [2.05, 4.69) is 10.6 Å². The van der Waals surface area contributed by atoms with Crippen LogP contribution in [0, 0.1) is 23.6 Å². The summed E-state index contributed by atoms with van der Waals surface area (Å²) >= 11 is 0. The smallest absolute Gasteiger partial charge is 0.321 e. The maximum absolute atomic E-state index is 13.0. The van der Waals surface area contributed by atoms with Gasteiger partial charge < -0.3 is 5.32 Å². The zero-order chi connectivity index (χ0) is 19.6. The third-order valence-corrected chi connectivity index (χ3v) is 6.45. The normalized spacial score (nSPS) is 26.0. The van der Waals surface area contributed by atoms with Crippen LogP contribution in [0.4, 0.5) is 9.18 Å². The number of nitrogens with one attached hydrogen (secondary N) is 2. The van der Waals surface area contributed by atoms with Crippen molar-refractivity contribution in [2.45, 2.75) is 51.6 Å². The second-order valence-corrected chi connectivity index (χ2v) is 8.29. The van der Waals surface area contributed by atoms with Gasteiger partial charge in [0.15, 0.2) is 0 Å². The van der Waals surface area contributed by atoms with Crippen LogP contribution in [-0.2, 0) is 4.79 Å². The van der Waals surface area contributed by atoms with E-state index < -0.39 is 6.03 Å². The number of hydrogen-bond acceptors (Lipinski definition) is 3. The van der Waals surface area contributed by atoms with Gasteiger partial charge in [-0.1, -0.05) is 18.6 Å². The number of nitrogens with zero attached hydrogens (tertiary/aromatic N) is 1. The number of fused-ring (bicyclic) bond motifs is 2. The lowest BCUT2D eigenvalue weighted by Crippen LogP contribution is -2.49. The molecule has 5 atom stereocenters. The van der Waals surface area contributed by atoms with Crippen LogP contribution in [0.2, 0.25) is 0 Å². The van der Waals surface area contributed by atoms with Crippen LogP contribution >= 0.6 is 0 Å². The Morgan fingerprint density at radius 2 is 1.89 bits per heavy atom. The molecule has 5 unspecified atom stereocenters. The molecule has 2 aliphatic carbocycles. The fraction of sp³-hybridized carbons (Fsp3) is 0.619. The highest BCUT2D eigenvalue weighted by atomic mass is 19.1. The predicted molar refractivity (Wildman–Crippen MR) is 103 cm³/mol. The summed E-state index contributed by atoms with van der Waals surface area (Å²) in [7, 11) is 1.81. The molecular formula is C21H30FN3O2. The molecule has 3 rings (SSSR count). The Bertz CT molecular complexity index is 679. The summed E-state index contributed by atoms with van der Waals surface area (Å²) in [5.74, 6) is 1.46. The van der Waals surface area contributed by atoms with E-state index in [0.717, 1.165) is 17.4 Å². The molecule has 0 radical (unpaired) electrons. The van der Waals surface area contributed by atoms with Crippen LogP contribution in [0.25, 0.3) is 0 Å². The summed E-state index contributed by atoms with van der Waals surface area (Å²) < 4.78 is 13.0. The first-order chi connectivity index (χ1) is 12.8. The first-order valence-corrected chi connectivity index (χ1v) is 9.89. The number of halogens is 1. The molecule has 2 fully saturated rings. The molecule has 0 aromatic heterocycles. The van der Waals surface area contributed by atoms with Crippen LogP contribution in [-0.4, -0.2) is 36.5 Å². The molecule has 1 aromatic rings. The summed E-state index contributed by atoms with van der Waals surface area (Å²) in [5.41, 5.74) is 0.918. The van der Waals surface area contributed by atoms with Crippen molar-refractivity contribution in [3.8, 4) is 0 Å². The van der Waals surface area contributed by atoms with Crippen LogP contribution in [0.15, 0.2) is 24.3 Å². The number of imide groups is 1. The van der Waals surface area contributed by atoms with Gasteiger partial charge in [0.2, 0.25) is 5.91 Å². The molecule has 2 N–H and O–H groups in total. The Morgan fingerprint density at radius 1 is 1.19 bits per heavy atom. The van der Waals surface area contributed by atoms with E-state index in [0.29, 0.717) is 5.92 Å².